The summed E-state index contributed by atoms with van der Waals surface area (Å²) in [5, 5.41) is 35.1. The van der Waals surface area contributed by atoms with E-state index in [1.165, 1.54) is 6.20 Å². The molecule has 2 rings (SSSR count). The quantitative estimate of drug-likeness (QED) is 0.495. The summed E-state index contributed by atoms with van der Waals surface area (Å²) in [5.41, 5.74) is 0.196. The number of hydrogen-bond acceptors (Lipinski definition) is 7. The molecule has 0 aliphatic rings. The van der Waals surface area contributed by atoms with Crippen LogP contribution in [0.3, 0.4) is 0 Å². The van der Waals surface area contributed by atoms with Gasteiger partial charge in [-0.3, -0.25) is 10.1 Å². The first-order valence-electron chi connectivity index (χ1n) is 5.58. The van der Waals surface area contributed by atoms with Crippen molar-refractivity contribution in [1.82, 2.24) is 20.6 Å². The molecule has 0 atom stereocenters. The van der Waals surface area contributed by atoms with Crippen molar-refractivity contribution in [3.05, 3.63) is 45.7 Å². The fourth-order valence-electron chi connectivity index (χ4n) is 1.53. The van der Waals surface area contributed by atoms with Crippen LogP contribution in [0.2, 0.25) is 0 Å². The monoisotopic (exact) mass is 289 g/mol. The lowest BCUT2D eigenvalue weighted by atomic mass is 10.1. The summed E-state index contributed by atoms with van der Waals surface area (Å²) in [6.07, 6.45) is 1.26. The highest BCUT2D eigenvalue weighted by atomic mass is 19.1. The van der Waals surface area contributed by atoms with Crippen molar-refractivity contribution < 1.29 is 9.31 Å². The fourth-order valence-corrected chi connectivity index (χ4v) is 1.53. The number of nitrogens with one attached hydrogen (secondary N) is 2. The zero-order chi connectivity index (χ0) is 15.4. The van der Waals surface area contributed by atoms with Crippen LogP contribution in [0.4, 0.5) is 15.8 Å². The van der Waals surface area contributed by atoms with Gasteiger partial charge in [-0.1, -0.05) is 0 Å². The number of halogens is 1. The zero-order valence-corrected chi connectivity index (χ0v) is 10.7. The van der Waals surface area contributed by atoms with E-state index in [-0.39, 0.29) is 17.1 Å². The van der Waals surface area contributed by atoms with E-state index in [4.69, 9.17) is 5.26 Å². The van der Waals surface area contributed by atoms with Crippen molar-refractivity contribution in [1.29, 1.82) is 5.26 Å². The number of nitro benzene ring substituents is 1. The molecule has 1 aromatic carbocycles. The highest BCUT2D eigenvalue weighted by molar-refractivity contribution is 5.74. The van der Waals surface area contributed by atoms with Crippen LogP contribution < -0.4 is 5.32 Å². The summed E-state index contributed by atoms with van der Waals surface area (Å²) in [6.45, 7) is 1.57. The number of benzene rings is 1. The fraction of sp³-hybridized carbons (Fsp3) is 0.0909. The van der Waals surface area contributed by atoms with E-state index in [1.54, 1.807) is 6.92 Å². The number of aromatic nitrogens is 4. The number of nitrogens with zero attached hydrogens (tertiary/aromatic N) is 5. The van der Waals surface area contributed by atoms with Crippen LogP contribution in [0, 0.1) is 34.2 Å². The third-order valence-electron chi connectivity index (χ3n) is 2.57. The van der Waals surface area contributed by atoms with Gasteiger partial charge in [-0.2, -0.15) is 14.9 Å². The van der Waals surface area contributed by atoms with E-state index in [0.29, 0.717) is 5.56 Å². The Morgan fingerprint density at radius 3 is 2.95 bits per heavy atom. The number of allylic oxidation sites excluding steroid dienone is 1. The average molecular weight is 289 g/mol. The molecular weight excluding hydrogens is 281 g/mol. The molecule has 0 bridgehead atoms. The number of aromatic amines is 1. The highest BCUT2D eigenvalue weighted by Crippen LogP contribution is 2.25. The van der Waals surface area contributed by atoms with Crippen LogP contribution in [0.15, 0.2) is 18.3 Å². The molecule has 0 amide bonds. The first-order valence-corrected chi connectivity index (χ1v) is 5.58. The topological polar surface area (TPSA) is 133 Å². The maximum Gasteiger partial charge on any atom is 0.305 e. The Hall–Kier alpha value is -3.35. The van der Waals surface area contributed by atoms with Crippen LogP contribution in [0.1, 0.15) is 11.4 Å². The van der Waals surface area contributed by atoms with Crippen molar-refractivity contribution in [2.24, 2.45) is 0 Å². The molecule has 0 spiro atoms. The highest BCUT2D eigenvalue weighted by Gasteiger charge is 2.16. The lowest BCUT2D eigenvalue weighted by Gasteiger charge is -2.06. The minimum atomic E-state index is -0.973. The standard InChI is InChI=1S/C11H8FN7O2/c1-6-2-10(19(20)21)8(12)3-9(6)14-5-7(4-13)11-15-17-18-16-11/h2-3,5,14H,1H3,(H,15,16,17,18). The van der Waals surface area contributed by atoms with Gasteiger partial charge in [0, 0.05) is 24.0 Å². The lowest BCUT2D eigenvalue weighted by Crippen LogP contribution is -1.99. The summed E-state index contributed by atoms with van der Waals surface area (Å²) in [4.78, 5) is 9.81. The molecule has 2 N–H and O–H groups in total. The number of H-pyrrole nitrogens is 1. The first kappa shape index (κ1) is 14.1. The first-order chi connectivity index (χ1) is 10.0. The van der Waals surface area contributed by atoms with Crippen LogP contribution in [-0.4, -0.2) is 25.5 Å². The molecule has 0 fully saturated rings. The Balaban J connectivity index is 2.30. The van der Waals surface area contributed by atoms with Gasteiger partial charge < -0.3 is 5.32 Å². The van der Waals surface area contributed by atoms with Crippen molar-refractivity contribution in [2.45, 2.75) is 6.92 Å². The van der Waals surface area contributed by atoms with Crippen molar-refractivity contribution >= 4 is 16.9 Å². The molecule has 0 saturated heterocycles. The summed E-state index contributed by atoms with van der Waals surface area (Å²) in [6, 6.07) is 3.93. The van der Waals surface area contributed by atoms with Crippen LogP contribution >= 0.6 is 0 Å². The Bertz CT molecular complexity index is 749. The molecule has 21 heavy (non-hydrogen) atoms. The number of nitriles is 1. The number of hydrogen-bond donors (Lipinski definition) is 2. The second-order valence-electron chi connectivity index (χ2n) is 3.93. The molecule has 2 aromatic rings. The second kappa shape index (κ2) is 5.74. The second-order valence-corrected chi connectivity index (χ2v) is 3.93. The molecule has 0 saturated carbocycles. The molecule has 106 valence electrons. The number of aryl methyl sites for hydroxylation is 1. The predicted octanol–water partition coefficient (Wildman–Crippen LogP) is 1.53. The Morgan fingerprint density at radius 1 is 1.62 bits per heavy atom. The number of tetrazole rings is 1. The number of rotatable bonds is 4. The van der Waals surface area contributed by atoms with Crippen LogP contribution in [-0.2, 0) is 0 Å². The largest absolute Gasteiger partial charge is 0.360 e. The van der Waals surface area contributed by atoms with Crippen molar-refractivity contribution in [3.63, 3.8) is 0 Å². The smallest absolute Gasteiger partial charge is 0.305 e. The van der Waals surface area contributed by atoms with Crippen molar-refractivity contribution in [3.8, 4) is 6.07 Å². The Morgan fingerprint density at radius 2 is 2.38 bits per heavy atom. The van der Waals surface area contributed by atoms with Gasteiger partial charge in [0.25, 0.3) is 0 Å². The van der Waals surface area contributed by atoms with Crippen LogP contribution in [0.25, 0.3) is 5.57 Å². The van der Waals surface area contributed by atoms with E-state index >= 15 is 0 Å². The van der Waals surface area contributed by atoms with Gasteiger partial charge in [-0.25, -0.2) is 0 Å². The van der Waals surface area contributed by atoms with Gasteiger partial charge in [-0.05, 0) is 17.7 Å². The van der Waals surface area contributed by atoms with E-state index in [1.807, 2.05) is 6.07 Å². The van der Waals surface area contributed by atoms with Gasteiger partial charge >= 0.3 is 5.69 Å². The van der Waals surface area contributed by atoms with Crippen LogP contribution in [0.5, 0.6) is 0 Å². The maximum absolute atomic E-state index is 13.6. The average Bonchev–Trinajstić information content (AvgIpc) is 2.96. The normalized spacial score (nSPS) is 11.0. The molecule has 0 aliphatic carbocycles. The summed E-state index contributed by atoms with van der Waals surface area (Å²) in [5.74, 6) is -0.899. The molecule has 1 heterocycles. The molecular formula is C11H8FN7O2. The summed E-state index contributed by atoms with van der Waals surface area (Å²) in [7, 11) is 0. The SMILES string of the molecule is Cc1cc([N+](=O)[O-])c(F)cc1NC=C(C#N)c1nn[nH]n1. The molecule has 0 radical (unpaired) electrons. The molecule has 10 heteroatoms. The third kappa shape index (κ3) is 2.98. The number of nitro groups is 1. The lowest BCUT2D eigenvalue weighted by molar-refractivity contribution is -0.387. The minimum Gasteiger partial charge on any atom is -0.360 e. The summed E-state index contributed by atoms with van der Waals surface area (Å²) >= 11 is 0. The summed E-state index contributed by atoms with van der Waals surface area (Å²) < 4.78 is 13.6. The van der Waals surface area contributed by atoms with Gasteiger partial charge in [0.1, 0.15) is 11.6 Å². The Labute approximate surface area is 117 Å². The zero-order valence-electron chi connectivity index (χ0n) is 10.7. The van der Waals surface area contributed by atoms with E-state index in [9.17, 15) is 14.5 Å². The third-order valence-corrected chi connectivity index (χ3v) is 2.57. The molecule has 0 aliphatic heterocycles. The molecule has 1 aromatic heterocycles. The number of anilines is 1. The van der Waals surface area contributed by atoms with Gasteiger partial charge in [0.2, 0.25) is 11.6 Å². The minimum absolute atomic E-state index is 0.0712. The van der Waals surface area contributed by atoms with Gasteiger partial charge in [0.15, 0.2) is 0 Å². The Kier molecular flexibility index (Phi) is 3.85. The van der Waals surface area contributed by atoms with E-state index < -0.39 is 16.4 Å². The molecule has 0 unspecified atom stereocenters. The van der Waals surface area contributed by atoms with Crippen molar-refractivity contribution in [2.75, 3.05) is 5.32 Å². The maximum atomic E-state index is 13.6. The predicted molar refractivity (Wildman–Crippen MR) is 69.2 cm³/mol. The van der Waals surface area contributed by atoms with E-state index in [2.05, 4.69) is 25.9 Å². The molecule has 9 nitrogen and oxygen atoms in total. The van der Waals surface area contributed by atoms with Gasteiger partial charge in [-0.15, -0.1) is 10.2 Å². The van der Waals surface area contributed by atoms with Gasteiger partial charge in [0.05, 0.1) is 4.92 Å². The van der Waals surface area contributed by atoms with E-state index in [0.717, 1.165) is 12.1 Å².